The summed E-state index contributed by atoms with van der Waals surface area (Å²) in [6.45, 7) is 0. The minimum Gasteiger partial charge on any atom is -0.306 e. The van der Waals surface area contributed by atoms with Gasteiger partial charge in [0.1, 0.15) is 11.5 Å². The number of amides is 1. The number of aromatic nitrogens is 4. The normalized spacial score (nSPS) is 10.8. The molecule has 6 nitrogen and oxygen atoms in total. The van der Waals surface area contributed by atoms with E-state index >= 15 is 0 Å². The summed E-state index contributed by atoms with van der Waals surface area (Å²) in [4.78, 5) is 21.9. The van der Waals surface area contributed by atoms with Crippen LogP contribution in [0.2, 0.25) is 0 Å². The molecule has 1 amide bonds. The molecule has 0 fully saturated rings. The highest BCUT2D eigenvalue weighted by atomic mass is 16.1. The van der Waals surface area contributed by atoms with E-state index in [4.69, 9.17) is 0 Å². The Morgan fingerprint density at radius 1 is 0.867 bits per heavy atom. The van der Waals surface area contributed by atoms with E-state index in [1.54, 1.807) is 29.3 Å². The van der Waals surface area contributed by atoms with Crippen molar-refractivity contribution in [2.45, 2.75) is 0 Å². The maximum absolute atomic E-state index is 13.2. The van der Waals surface area contributed by atoms with Gasteiger partial charge in [0.25, 0.3) is 5.91 Å². The van der Waals surface area contributed by atoms with E-state index in [0.717, 1.165) is 22.2 Å². The molecule has 0 aliphatic carbocycles. The predicted octanol–water partition coefficient (Wildman–Crippen LogP) is 4.73. The van der Waals surface area contributed by atoms with Crippen molar-refractivity contribution in [1.82, 2.24) is 19.7 Å². The van der Waals surface area contributed by atoms with Crippen LogP contribution in [0.1, 0.15) is 10.4 Å². The number of pyridine rings is 2. The van der Waals surface area contributed by atoms with E-state index in [-0.39, 0.29) is 5.91 Å². The Balaban J connectivity index is 1.54. The second kappa shape index (κ2) is 7.60. The lowest BCUT2D eigenvalue weighted by Gasteiger charge is -2.06. The zero-order valence-corrected chi connectivity index (χ0v) is 15.9. The lowest BCUT2D eigenvalue weighted by atomic mass is 10.1. The summed E-state index contributed by atoms with van der Waals surface area (Å²) < 4.78 is 1.70. The second-order valence-electron chi connectivity index (χ2n) is 6.76. The van der Waals surface area contributed by atoms with Crippen LogP contribution in [0.15, 0.2) is 97.5 Å². The molecule has 0 spiro atoms. The van der Waals surface area contributed by atoms with Crippen LogP contribution in [0.3, 0.4) is 0 Å². The van der Waals surface area contributed by atoms with Crippen LogP contribution in [0.5, 0.6) is 0 Å². The fourth-order valence-corrected chi connectivity index (χ4v) is 3.29. The number of fused-ring (bicyclic) bond motifs is 1. The van der Waals surface area contributed by atoms with Gasteiger partial charge in [-0.3, -0.25) is 9.78 Å². The van der Waals surface area contributed by atoms with Gasteiger partial charge in [-0.25, -0.2) is 9.67 Å². The van der Waals surface area contributed by atoms with Gasteiger partial charge >= 0.3 is 0 Å². The van der Waals surface area contributed by atoms with Crippen LogP contribution < -0.4 is 5.32 Å². The van der Waals surface area contributed by atoms with Crippen molar-refractivity contribution in [3.05, 3.63) is 103 Å². The molecule has 6 heteroatoms. The van der Waals surface area contributed by atoms with Gasteiger partial charge in [-0.05, 0) is 42.5 Å². The first kappa shape index (κ1) is 17.8. The Labute approximate surface area is 172 Å². The van der Waals surface area contributed by atoms with Crippen molar-refractivity contribution in [2.75, 3.05) is 5.32 Å². The third-order valence-corrected chi connectivity index (χ3v) is 4.75. The van der Waals surface area contributed by atoms with Gasteiger partial charge in [-0.1, -0.05) is 36.4 Å². The summed E-state index contributed by atoms with van der Waals surface area (Å²) in [6, 6.07) is 24.9. The molecule has 0 aliphatic rings. The summed E-state index contributed by atoms with van der Waals surface area (Å²) in [5, 5.41) is 8.58. The second-order valence-corrected chi connectivity index (χ2v) is 6.76. The van der Waals surface area contributed by atoms with Gasteiger partial charge < -0.3 is 5.32 Å². The van der Waals surface area contributed by atoms with Crippen LogP contribution >= 0.6 is 0 Å². The monoisotopic (exact) mass is 391 g/mol. The smallest absolute Gasteiger partial charge is 0.260 e. The van der Waals surface area contributed by atoms with Crippen LogP contribution in [0, 0.1) is 0 Å². The topological polar surface area (TPSA) is 72.7 Å². The molecule has 0 saturated heterocycles. The number of benzene rings is 2. The third-order valence-electron chi connectivity index (χ3n) is 4.75. The number of carbonyl (C=O) groups excluding carboxylic acids is 1. The molecule has 30 heavy (non-hydrogen) atoms. The summed E-state index contributed by atoms with van der Waals surface area (Å²) in [5.74, 6) is 0.210. The first-order valence-corrected chi connectivity index (χ1v) is 9.50. The lowest BCUT2D eigenvalue weighted by Crippen LogP contribution is -2.13. The molecular weight excluding hydrogens is 374 g/mol. The van der Waals surface area contributed by atoms with Gasteiger partial charge in [0, 0.05) is 29.5 Å². The van der Waals surface area contributed by atoms with Crippen molar-refractivity contribution in [3.63, 3.8) is 0 Å². The predicted molar refractivity (Wildman–Crippen MR) is 116 cm³/mol. The van der Waals surface area contributed by atoms with Crippen molar-refractivity contribution >= 4 is 22.6 Å². The number of hydrogen-bond acceptors (Lipinski definition) is 4. The zero-order valence-electron chi connectivity index (χ0n) is 15.9. The average molecular weight is 391 g/mol. The van der Waals surface area contributed by atoms with E-state index in [2.05, 4.69) is 20.4 Å². The highest BCUT2D eigenvalue weighted by Gasteiger charge is 2.19. The van der Waals surface area contributed by atoms with E-state index in [0.29, 0.717) is 17.1 Å². The van der Waals surface area contributed by atoms with Crippen molar-refractivity contribution in [2.24, 2.45) is 0 Å². The largest absolute Gasteiger partial charge is 0.306 e. The van der Waals surface area contributed by atoms with E-state index in [9.17, 15) is 4.79 Å². The molecule has 0 atom stereocenters. The Bertz CT molecular complexity index is 1330. The Kier molecular flexibility index (Phi) is 4.50. The Hall–Kier alpha value is -4.32. The first-order valence-electron chi connectivity index (χ1n) is 9.50. The van der Waals surface area contributed by atoms with Crippen molar-refractivity contribution in [3.8, 4) is 16.9 Å². The van der Waals surface area contributed by atoms with Crippen LogP contribution in [0.4, 0.5) is 5.82 Å². The standard InChI is InChI=1S/C24H17N5O/c30-24(27-22-13-12-17-7-4-5-11-21(17)26-22)20-16-29(19-9-2-1-3-10-19)28-23(20)18-8-6-14-25-15-18/h1-16H,(H,26,27,30). The molecule has 0 bridgehead atoms. The Morgan fingerprint density at radius 3 is 2.53 bits per heavy atom. The SMILES string of the molecule is O=C(Nc1ccc2ccccc2n1)c1cn(-c2ccccc2)nc1-c1cccnc1. The van der Waals surface area contributed by atoms with E-state index in [1.165, 1.54) is 0 Å². The van der Waals surface area contributed by atoms with Crippen LogP contribution in [0.25, 0.3) is 27.8 Å². The molecule has 0 radical (unpaired) electrons. The molecular formula is C24H17N5O. The summed E-state index contributed by atoms with van der Waals surface area (Å²) >= 11 is 0. The number of carbonyl (C=O) groups is 1. The van der Waals surface area contributed by atoms with Gasteiger partial charge in [0.15, 0.2) is 0 Å². The molecule has 5 aromatic rings. The number of para-hydroxylation sites is 2. The van der Waals surface area contributed by atoms with Gasteiger partial charge in [-0.2, -0.15) is 5.10 Å². The highest BCUT2D eigenvalue weighted by molar-refractivity contribution is 6.08. The minimum atomic E-state index is -0.279. The van der Waals surface area contributed by atoms with Crippen LogP contribution in [-0.4, -0.2) is 25.7 Å². The highest BCUT2D eigenvalue weighted by Crippen LogP contribution is 2.24. The number of anilines is 1. The summed E-state index contributed by atoms with van der Waals surface area (Å²) in [6.07, 6.45) is 5.12. The fourth-order valence-electron chi connectivity index (χ4n) is 3.29. The third kappa shape index (κ3) is 3.42. The molecule has 0 aliphatic heterocycles. The van der Waals surface area contributed by atoms with Gasteiger partial charge in [0.05, 0.1) is 16.8 Å². The maximum Gasteiger partial charge on any atom is 0.260 e. The van der Waals surface area contributed by atoms with Crippen LogP contribution in [-0.2, 0) is 0 Å². The quantitative estimate of drug-likeness (QED) is 0.480. The lowest BCUT2D eigenvalue weighted by molar-refractivity contribution is 0.102. The van der Waals surface area contributed by atoms with E-state index in [1.807, 2.05) is 72.8 Å². The molecule has 1 N–H and O–H groups in total. The molecule has 3 aromatic heterocycles. The van der Waals surface area contributed by atoms with Gasteiger partial charge in [0.2, 0.25) is 0 Å². The minimum absolute atomic E-state index is 0.279. The molecule has 144 valence electrons. The van der Waals surface area contributed by atoms with Gasteiger partial charge in [-0.15, -0.1) is 0 Å². The number of nitrogens with zero attached hydrogens (tertiary/aromatic N) is 4. The first-order chi connectivity index (χ1) is 14.8. The number of hydrogen-bond donors (Lipinski definition) is 1. The number of rotatable bonds is 4. The molecule has 2 aromatic carbocycles. The summed E-state index contributed by atoms with van der Waals surface area (Å²) in [7, 11) is 0. The molecule has 0 saturated carbocycles. The summed E-state index contributed by atoms with van der Waals surface area (Å²) in [5.41, 5.74) is 3.46. The van der Waals surface area contributed by atoms with E-state index < -0.39 is 0 Å². The molecule has 5 rings (SSSR count). The molecule has 3 heterocycles. The number of nitrogens with one attached hydrogen (secondary N) is 1. The van der Waals surface area contributed by atoms with Crippen molar-refractivity contribution < 1.29 is 4.79 Å². The maximum atomic E-state index is 13.2. The zero-order chi connectivity index (χ0) is 20.3. The van der Waals surface area contributed by atoms with Crippen molar-refractivity contribution in [1.29, 1.82) is 0 Å². The fraction of sp³-hybridized carbons (Fsp3) is 0. The molecule has 0 unspecified atom stereocenters. The average Bonchev–Trinajstić information content (AvgIpc) is 3.26. The Morgan fingerprint density at radius 2 is 1.70 bits per heavy atom.